The monoisotopic (exact) mass is 165 g/mol. The zero-order valence-corrected chi connectivity index (χ0v) is 7.38. The highest BCUT2D eigenvalue weighted by atomic mass is 16.2. The van der Waals surface area contributed by atoms with Gasteiger partial charge in [0.05, 0.1) is 17.3 Å². The Bertz CT molecular complexity index is 353. The predicted octanol–water partition coefficient (Wildman–Crippen LogP) is 0.533. The molecular formula is C8H11N3O. The van der Waals surface area contributed by atoms with E-state index in [2.05, 4.69) is 10.4 Å². The Morgan fingerprint density at radius 1 is 1.58 bits per heavy atom. The van der Waals surface area contributed by atoms with E-state index in [4.69, 9.17) is 0 Å². The number of aromatic nitrogens is 2. The van der Waals surface area contributed by atoms with Crippen molar-refractivity contribution in [3.8, 4) is 0 Å². The quantitative estimate of drug-likeness (QED) is 0.609. The lowest BCUT2D eigenvalue weighted by molar-refractivity contribution is 0.0957. The average molecular weight is 165 g/mol. The van der Waals surface area contributed by atoms with Crippen molar-refractivity contribution in [2.45, 2.75) is 19.9 Å². The van der Waals surface area contributed by atoms with Gasteiger partial charge in [-0.2, -0.15) is 5.10 Å². The van der Waals surface area contributed by atoms with Crippen LogP contribution in [0.1, 0.15) is 34.7 Å². The molecule has 0 saturated heterocycles. The van der Waals surface area contributed by atoms with Crippen LogP contribution >= 0.6 is 0 Å². The lowest BCUT2D eigenvalue weighted by Gasteiger charge is -2.01. The lowest BCUT2D eigenvalue weighted by Crippen LogP contribution is -2.18. The van der Waals surface area contributed by atoms with Gasteiger partial charge in [-0.3, -0.25) is 9.48 Å². The van der Waals surface area contributed by atoms with Gasteiger partial charge >= 0.3 is 0 Å². The molecule has 0 radical (unpaired) electrons. The van der Waals surface area contributed by atoms with Crippen LogP contribution in [0, 0.1) is 6.92 Å². The Morgan fingerprint density at radius 3 is 2.83 bits per heavy atom. The van der Waals surface area contributed by atoms with Crippen molar-refractivity contribution < 1.29 is 4.79 Å². The number of amides is 1. The maximum atomic E-state index is 11.3. The van der Waals surface area contributed by atoms with Gasteiger partial charge in [-0.25, -0.2) is 0 Å². The summed E-state index contributed by atoms with van der Waals surface area (Å²) in [5, 5.41) is 7.07. The number of hydrogen-bond donors (Lipinski definition) is 1. The van der Waals surface area contributed by atoms with Crippen LogP contribution in [0.3, 0.4) is 0 Å². The van der Waals surface area contributed by atoms with Gasteiger partial charge in [-0.1, -0.05) is 0 Å². The zero-order valence-electron chi connectivity index (χ0n) is 7.38. The Kier molecular flexibility index (Phi) is 1.28. The molecule has 1 atom stereocenters. The van der Waals surface area contributed by atoms with Gasteiger partial charge in [0, 0.05) is 12.7 Å². The van der Waals surface area contributed by atoms with Crippen LogP contribution in [-0.4, -0.2) is 15.7 Å². The van der Waals surface area contributed by atoms with Gasteiger partial charge in [0.2, 0.25) is 0 Å². The van der Waals surface area contributed by atoms with Gasteiger partial charge in [0.25, 0.3) is 5.91 Å². The minimum absolute atomic E-state index is 0.00287. The van der Waals surface area contributed by atoms with E-state index >= 15 is 0 Å². The number of fused-ring (bicyclic) bond motifs is 1. The summed E-state index contributed by atoms with van der Waals surface area (Å²) in [6.07, 6.45) is 0. The Morgan fingerprint density at radius 2 is 2.25 bits per heavy atom. The van der Waals surface area contributed by atoms with Crippen LogP contribution in [0.2, 0.25) is 0 Å². The minimum atomic E-state index is 0.00287. The molecule has 1 N–H and O–H groups in total. The van der Waals surface area contributed by atoms with E-state index in [0.29, 0.717) is 0 Å². The van der Waals surface area contributed by atoms with Crippen LogP contribution in [0.25, 0.3) is 0 Å². The summed E-state index contributed by atoms with van der Waals surface area (Å²) >= 11 is 0. The summed E-state index contributed by atoms with van der Waals surface area (Å²) in [5.41, 5.74) is 2.57. The highest BCUT2D eigenvalue weighted by Gasteiger charge is 2.31. The van der Waals surface area contributed by atoms with Crippen LogP contribution in [0.4, 0.5) is 0 Å². The van der Waals surface area contributed by atoms with Gasteiger partial charge in [0.15, 0.2) is 0 Å². The largest absolute Gasteiger partial charge is 0.344 e. The number of nitrogens with one attached hydrogen (secondary N) is 1. The number of carbonyl (C=O) groups excluding carboxylic acids is 1. The minimum Gasteiger partial charge on any atom is -0.344 e. The van der Waals surface area contributed by atoms with E-state index in [1.807, 2.05) is 20.9 Å². The third-order valence-electron chi connectivity index (χ3n) is 2.35. The van der Waals surface area contributed by atoms with Crippen molar-refractivity contribution in [3.63, 3.8) is 0 Å². The van der Waals surface area contributed by atoms with Gasteiger partial charge < -0.3 is 5.32 Å². The third-order valence-corrected chi connectivity index (χ3v) is 2.35. The fraction of sp³-hybridized carbons (Fsp3) is 0.500. The molecule has 0 aromatic carbocycles. The second-order valence-electron chi connectivity index (χ2n) is 3.16. The molecule has 1 amide bonds. The first-order valence-corrected chi connectivity index (χ1v) is 3.95. The van der Waals surface area contributed by atoms with Crippen molar-refractivity contribution in [1.82, 2.24) is 15.1 Å². The zero-order chi connectivity index (χ0) is 8.88. The Labute approximate surface area is 70.6 Å². The standard InChI is InChI=1S/C8H11N3O/c1-4-7-6(8(12)9-4)5(2)11(3)10-7/h4H,1-3H3,(H,9,12). The second kappa shape index (κ2) is 2.09. The summed E-state index contributed by atoms with van der Waals surface area (Å²) in [6, 6.07) is 0.0624. The molecule has 2 rings (SSSR count). The number of nitrogens with zero attached hydrogens (tertiary/aromatic N) is 2. The summed E-state index contributed by atoms with van der Waals surface area (Å²) in [4.78, 5) is 11.3. The first-order chi connectivity index (χ1) is 5.61. The van der Waals surface area contributed by atoms with Crippen molar-refractivity contribution in [2.75, 3.05) is 0 Å². The fourth-order valence-electron chi connectivity index (χ4n) is 1.55. The van der Waals surface area contributed by atoms with Crippen molar-refractivity contribution in [3.05, 3.63) is 17.0 Å². The molecule has 64 valence electrons. The van der Waals surface area contributed by atoms with E-state index in [1.54, 1.807) is 4.68 Å². The van der Waals surface area contributed by atoms with E-state index < -0.39 is 0 Å². The molecule has 1 aliphatic rings. The number of aryl methyl sites for hydroxylation is 1. The Hall–Kier alpha value is -1.32. The molecule has 1 aromatic heterocycles. The van der Waals surface area contributed by atoms with Crippen LogP contribution < -0.4 is 5.32 Å². The molecule has 0 fully saturated rings. The van der Waals surface area contributed by atoms with E-state index in [-0.39, 0.29) is 11.9 Å². The SMILES string of the molecule is Cc1c2c(nn1C)C(C)NC2=O. The summed E-state index contributed by atoms with van der Waals surface area (Å²) in [7, 11) is 1.85. The maximum Gasteiger partial charge on any atom is 0.255 e. The molecule has 4 heteroatoms. The molecule has 1 unspecified atom stereocenters. The second-order valence-corrected chi connectivity index (χ2v) is 3.16. The van der Waals surface area contributed by atoms with Crippen LogP contribution in [-0.2, 0) is 7.05 Å². The summed E-state index contributed by atoms with van der Waals surface area (Å²) in [6.45, 7) is 3.85. The lowest BCUT2D eigenvalue weighted by atomic mass is 10.2. The normalized spacial score (nSPS) is 20.9. The fourth-order valence-corrected chi connectivity index (χ4v) is 1.55. The molecule has 12 heavy (non-hydrogen) atoms. The topological polar surface area (TPSA) is 46.9 Å². The van der Waals surface area contributed by atoms with Crippen molar-refractivity contribution in [2.24, 2.45) is 7.05 Å². The first-order valence-electron chi connectivity index (χ1n) is 3.95. The molecule has 0 spiro atoms. The van der Waals surface area contributed by atoms with E-state index in [0.717, 1.165) is 17.0 Å². The molecule has 0 bridgehead atoms. The Balaban J connectivity index is 2.67. The predicted molar refractivity (Wildman–Crippen MR) is 43.8 cm³/mol. The third kappa shape index (κ3) is 0.719. The molecular weight excluding hydrogens is 154 g/mol. The molecule has 1 aliphatic heterocycles. The van der Waals surface area contributed by atoms with E-state index in [9.17, 15) is 4.79 Å². The molecule has 4 nitrogen and oxygen atoms in total. The molecule has 1 aromatic rings. The summed E-state index contributed by atoms with van der Waals surface area (Å²) < 4.78 is 1.75. The average Bonchev–Trinajstić information content (AvgIpc) is 2.41. The highest BCUT2D eigenvalue weighted by molar-refractivity contribution is 5.99. The number of hydrogen-bond acceptors (Lipinski definition) is 2. The van der Waals surface area contributed by atoms with Crippen molar-refractivity contribution in [1.29, 1.82) is 0 Å². The van der Waals surface area contributed by atoms with Crippen LogP contribution in [0.15, 0.2) is 0 Å². The van der Waals surface area contributed by atoms with Gasteiger partial charge in [-0.05, 0) is 13.8 Å². The molecule has 0 saturated carbocycles. The smallest absolute Gasteiger partial charge is 0.255 e. The highest BCUT2D eigenvalue weighted by Crippen LogP contribution is 2.25. The number of carbonyl (C=O) groups is 1. The first kappa shape index (κ1) is 7.34. The molecule has 0 aliphatic carbocycles. The summed E-state index contributed by atoms with van der Waals surface area (Å²) in [5.74, 6) is 0.00287. The van der Waals surface area contributed by atoms with E-state index in [1.165, 1.54) is 0 Å². The van der Waals surface area contributed by atoms with Crippen LogP contribution in [0.5, 0.6) is 0 Å². The van der Waals surface area contributed by atoms with Gasteiger partial charge in [0.1, 0.15) is 0 Å². The number of rotatable bonds is 0. The van der Waals surface area contributed by atoms with Crippen molar-refractivity contribution >= 4 is 5.91 Å². The van der Waals surface area contributed by atoms with Gasteiger partial charge in [-0.15, -0.1) is 0 Å². The maximum absolute atomic E-state index is 11.3. The molecule has 2 heterocycles.